The number of piperazine rings is 1. The van der Waals surface area contributed by atoms with Crippen molar-refractivity contribution in [3.05, 3.63) is 36.0 Å². The van der Waals surface area contributed by atoms with Crippen molar-refractivity contribution < 1.29 is 4.79 Å². The van der Waals surface area contributed by atoms with E-state index in [9.17, 15) is 4.79 Å². The zero-order valence-corrected chi connectivity index (χ0v) is 11.2. The van der Waals surface area contributed by atoms with E-state index in [4.69, 9.17) is 0 Å². The molecule has 0 saturated carbocycles. The van der Waals surface area contributed by atoms with E-state index in [1.165, 1.54) is 16.5 Å². The molecule has 2 heterocycles. The van der Waals surface area contributed by atoms with Gasteiger partial charge in [-0.25, -0.2) is 0 Å². The number of hydrogen-bond acceptors (Lipinski definition) is 2. The Balaban J connectivity index is 1.64. The number of H-pyrrole nitrogens is 1. The molecule has 0 spiro atoms. The smallest absolute Gasteiger partial charge is 0.219 e. The van der Waals surface area contributed by atoms with Crippen LogP contribution < -0.4 is 0 Å². The van der Waals surface area contributed by atoms with Gasteiger partial charge in [-0.2, -0.15) is 0 Å². The first-order valence-corrected chi connectivity index (χ1v) is 6.76. The Morgan fingerprint density at radius 1 is 1.21 bits per heavy atom. The number of fused-ring (bicyclic) bond motifs is 1. The maximum absolute atomic E-state index is 11.3. The Kier molecular flexibility index (Phi) is 3.25. The molecule has 1 saturated heterocycles. The van der Waals surface area contributed by atoms with Crippen LogP contribution in [-0.2, 0) is 11.3 Å². The van der Waals surface area contributed by atoms with Crippen LogP contribution >= 0.6 is 0 Å². The maximum Gasteiger partial charge on any atom is 0.219 e. The van der Waals surface area contributed by atoms with Gasteiger partial charge < -0.3 is 9.88 Å². The average Bonchev–Trinajstić information content (AvgIpc) is 2.87. The summed E-state index contributed by atoms with van der Waals surface area (Å²) in [5.41, 5.74) is 2.52. The molecule has 1 aliphatic rings. The second-order valence-electron chi connectivity index (χ2n) is 5.18. The molecule has 1 aromatic carbocycles. The van der Waals surface area contributed by atoms with Gasteiger partial charge in [0.1, 0.15) is 0 Å². The van der Waals surface area contributed by atoms with Crippen LogP contribution in [0.5, 0.6) is 0 Å². The monoisotopic (exact) mass is 257 g/mol. The van der Waals surface area contributed by atoms with Crippen molar-refractivity contribution in [1.82, 2.24) is 14.8 Å². The van der Waals surface area contributed by atoms with Gasteiger partial charge in [0.05, 0.1) is 0 Å². The number of benzene rings is 1. The number of nitrogens with one attached hydrogen (secondary N) is 1. The van der Waals surface area contributed by atoms with Crippen LogP contribution in [0.15, 0.2) is 30.5 Å². The Labute approximate surface area is 113 Å². The molecule has 1 amide bonds. The van der Waals surface area contributed by atoms with Crippen LogP contribution in [0.2, 0.25) is 0 Å². The van der Waals surface area contributed by atoms with Gasteiger partial charge in [0.25, 0.3) is 0 Å². The molecule has 0 radical (unpaired) electrons. The van der Waals surface area contributed by atoms with Crippen molar-refractivity contribution in [2.75, 3.05) is 26.2 Å². The third-order valence-electron chi connectivity index (χ3n) is 3.84. The van der Waals surface area contributed by atoms with Gasteiger partial charge >= 0.3 is 0 Å². The van der Waals surface area contributed by atoms with Gasteiger partial charge in [0, 0.05) is 51.4 Å². The molecule has 0 unspecified atom stereocenters. The minimum absolute atomic E-state index is 0.188. The van der Waals surface area contributed by atoms with Crippen molar-refractivity contribution in [3.8, 4) is 0 Å². The summed E-state index contributed by atoms with van der Waals surface area (Å²) in [5.74, 6) is 0.188. The zero-order valence-electron chi connectivity index (χ0n) is 11.2. The van der Waals surface area contributed by atoms with Crippen molar-refractivity contribution >= 4 is 16.8 Å². The van der Waals surface area contributed by atoms with Gasteiger partial charge in [-0.3, -0.25) is 9.69 Å². The molecule has 19 heavy (non-hydrogen) atoms. The summed E-state index contributed by atoms with van der Waals surface area (Å²) in [6.07, 6.45) is 1.97. The van der Waals surface area contributed by atoms with Crippen LogP contribution in [0.4, 0.5) is 0 Å². The summed E-state index contributed by atoms with van der Waals surface area (Å²) in [4.78, 5) is 18.8. The van der Waals surface area contributed by atoms with Gasteiger partial charge in [0.2, 0.25) is 5.91 Å². The van der Waals surface area contributed by atoms with E-state index in [1.54, 1.807) is 6.92 Å². The molecule has 100 valence electrons. The molecule has 0 atom stereocenters. The van der Waals surface area contributed by atoms with Gasteiger partial charge in [-0.1, -0.05) is 6.07 Å². The zero-order chi connectivity index (χ0) is 13.2. The number of carbonyl (C=O) groups is 1. The first-order valence-electron chi connectivity index (χ1n) is 6.76. The summed E-state index contributed by atoms with van der Waals surface area (Å²) in [5, 5.41) is 1.26. The number of carbonyl (C=O) groups excluding carboxylic acids is 1. The van der Waals surface area contributed by atoms with Gasteiger partial charge in [-0.15, -0.1) is 0 Å². The standard InChI is InChI=1S/C15H19N3O/c1-12(19)18-8-6-17(7-9-18)11-13-2-3-15-14(10-13)4-5-16-15/h2-5,10,16H,6-9,11H2,1H3. The fraction of sp³-hybridized carbons (Fsp3) is 0.400. The summed E-state index contributed by atoms with van der Waals surface area (Å²) in [6, 6.07) is 8.66. The molecule has 4 nitrogen and oxygen atoms in total. The highest BCUT2D eigenvalue weighted by Gasteiger charge is 2.18. The van der Waals surface area contributed by atoms with E-state index in [2.05, 4.69) is 34.1 Å². The van der Waals surface area contributed by atoms with E-state index >= 15 is 0 Å². The van der Waals surface area contributed by atoms with Crippen molar-refractivity contribution in [2.24, 2.45) is 0 Å². The molecule has 2 aromatic rings. The molecule has 0 bridgehead atoms. The molecule has 1 aromatic heterocycles. The molecule has 0 aliphatic carbocycles. The topological polar surface area (TPSA) is 39.3 Å². The van der Waals surface area contributed by atoms with Crippen molar-refractivity contribution in [2.45, 2.75) is 13.5 Å². The van der Waals surface area contributed by atoms with Crippen LogP contribution in [0.1, 0.15) is 12.5 Å². The molecule has 4 heteroatoms. The van der Waals surface area contributed by atoms with Gasteiger partial charge in [0.15, 0.2) is 0 Å². The van der Waals surface area contributed by atoms with Crippen LogP contribution in [0.3, 0.4) is 0 Å². The highest BCUT2D eigenvalue weighted by molar-refractivity contribution is 5.79. The summed E-state index contributed by atoms with van der Waals surface area (Å²) >= 11 is 0. The lowest BCUT2D eigenvalue weighted by atomic mass is 10.1. The number of amides is 1. The Morgan fingerprint density at radius 3 is 2.74 bits per heavy atom. The van der Waals surface area contributed by atoms with E-state index in [0.717, 1.165) is 32.7 Å². The Bertz CT molecular complexity index is 582. The number of nitrogens with zero attached hydrogens (tertiary/aromatic N) is 2. The normalized spacial score (nSPS) is 17.0. The average molecular weight is 257 g/mol. The van der Waals surface area contributed by atoms with E-state index < -0.39 is 0 Å². The summed E-state index contributed by atoms with van der Waals surface area (Å²) < 4.78 is 0. The second kappa shape index (κ2) is 5.05. The van der Waals surface area contributed by atoms with Crippen LogP contribution in [0.25, 0.3) is 10.9 Å². The third-order valence-corrected chi connectivity index (χ3v) is 3.84. The minimum atomic E-state index is 0.188. The number of aromatic amines is 1. The highest BCUT2D eigenvalue weighted by atomic mass is 16.2. The quantitative estimate of drug-likeness (QED) is 0.891. The predicted molar refractivity (Wildman–Crippen MR) is 75.8 cm³/mol. The third kappa shape index (κ3) is 2.63. The van der Waals surface area contributed by atoms with Crippen LogP contribution in [-0.4, -0.2) is 46.9 Å². The Hall–Kier alpha value is -1.81. The largest absolute Gasteiger partial charge is 0.361 e. The lowest BCUT2D eigenvalue weighted by Gasteiger charge is -2.34. The number of rotatable bonds is 2. The maximum atomic E-state index is 11.3. The molecular formula is C15H19N3O. The molecule has 1 N–H and O–H groups in total. The SMILES string of the molecule is CC(=O)N1CCN(Cc2ccc3[nH]ccc3c2)CC1. The molecular weight excluding hydrogens is 238 g/mol. The Morgan fingerprint density at radius 2 is 2.00 bits per heavy atom. The van der Waals surface area contributed by atoms with Crippen molar-refractivity contribution in [1.29, 1.82) is 0 Å². The van der Waals surface area contributed by atoms with Crippen LogP contribution in [0, 0.1) is 0 Å². The molecule has 1 fully saturated rings. The summed E-state index contributed by atoms with van der Waals surface area (Å²) in [6.45, 7) is 6.24. The fourth-order valence-electron chi connectivity index (χ4n) is 2.68. The first kappa shape index (κ1) is 12.2. The number of aromatic nitrogens is 1. The molecule has 3 rings (SSSR count). The van der Waals surface area contributed by atoms with Crippen molar-refractivity contribution in [3.63, 3.8) is 0 Å². The second-order valence-corrected chi connectivity index (χ2v) is 5.18. The van der Waals surface area contributed by atoms with E-state index in [1.807, 2.05) is 11.1 Å². The van der Waals surface area contributed by atoms with Gasteiger partial charge in [-0.05, 0) is 29.1 Å². The lowest BCUT2D eigenvalue weighted by Crippen LogP contribution is -2.47. The molecule has 1 aliphatic heterocycles. The minimum Gasteiger partial charge on any atom is -0.361 e. The van der Waals surface area contributed by atoms with E-state index in [0.29, 0.717) is 0 Å². The summed E-state index contributed by atoms with van der Waals surface area (Å²) in [7, 11) is 0. The highest BCUT2D eigenvalue weighted by Crippen LogP contribution is 2.16. The van der Waals surface area contributed by atoms with E-state index in [-0.39, 0.29) is 5.91 Å². The predicted octanol–water partition coefficient (Wildman–Crippen LogP) is 1.83. The number of hydrogen-bond donors (Lipinski definition) is 1. The fourth-order valence-corrected chi connectivity index (χ4v) is 2.68. The lowest BCUT2D eigenvalue weighted by molar-refractivity contribution is -0.130. The first-order chi connectivity index (χ1) is 9.22.